The van der Waals surface area contributed by atoms with Crippen LogP contribution in [0.2, 0.25) is 0 Å². The summed E-state index contributed by atoms with van der Waals surface area (Å²) in [5.41, 5.74) is 6.00. The van der Waals surface area contributed by atoms with E-state index in [0.29, 0.717) is 6.61 Å². The Morgan fingerprint density at radius 1 is 1.16 bits per heavy atom. The Morgan fingerprint density at radius 2 is 2.00 bits per heavy atom. The van der Waals surface area contributed by atoms with Crippen molar-refractivity contribution in [3.8, 4) is 5.75 Å². The van der Waals surface area contributed by atoms with Crippen molar-refractivity contribution < 1.29 is 19.5 Å². The maximum atomic E-state index is 11.0. The summed E-state index contributed by atoms with van der Waals surface area (Å²) < 4.78 is 11.2. The van der Waals surface area contributed by atoms with Crippen LogP contribution in [0.15, 0.2) is 54.7 Å². The van der Waals surface area contributed by atoms with Crippen LogP contribution in [0.5, 0.6) is 5.75 Å². The van der Waals surface area contributed by atoms with E-state index in [4.69, 9.17) is 14.7 Å². The molecular formula is C25H31N3O4. The number of ether oxygens (including phenoxy) is 2. The van der Waals surface area contributed by atoms with Gasteiger partial charge in [-0.15, -0.1) is 0 Å². The van der Waals surface area contributed by atoms with E-state index in [1.165, 1.54) is 17.0 Å². The number of aromatic amines is 1. The molecule has 0 spiro atoms. The molecule has 0 fully saturated rings. The first-order valence-electron chi connectivity index (χ1n) is 10.9. The third-order valence-corrected chi connectivity index (χ3v) is 5.06. The predicted molar refractivity (Wildman–Crippen MR) is 126 cm³/mol. The SMILES string of the molecule is CCOCCCOc1ccc2[nH]cc(CCNCc3ccc(C=CC(=O)NO)cc3)c2c1. The second-order valence-electron chi connectivity index (χ2n) is 7.40. The van der Waals surface area contributed by atoms with Crippen molar-refractivity contribution >= 4 is 22.9 Å². The lowest BCUT2D eigenvalue weighted by Gasteiger charge is -2.08. The van der Waals surface area contributed by atoms with Crippen LogP contribution in [-0.4, -0.2) is 42.5 Å². The van der Waals surface area contributed by atoms with E-state index in [1.807, 2.05) is 37.3 Å². The highest BCUT2D eigenvalue weighted by molar-refractivity contribution is 5.90. The van der Waals surface area contributed by atoms with Crippen LogP contribution >= 0.6 is 0 Å². The molecule has 3 rings (SSSR count). The molecular weight excluding hydrogens is 406 g/mol. The molecule has 0 aliphatic carbocycles. The molecule has 2 aromatic carbocycles. The normalized spacial score (nSPS) is 11.3. The average molecular weight is 438 g/mol. The van der Waals surface area contributed by atoms with Gasteiger partial charge < -0.3 is 19.8 Å². The molecule has 7 heteroatoms. The van der Waals surface area contributed by atoms with Gasteiger partial charge in [0, 0.05) is 49.4 Å². The van der Waals surface area contributed by atoms with Crippen molar-refractivity contribution in [2.45, 2.75) is 26.3 Å². The summed E-state index contributed by atoms with van der Waals surface area (Å²) in [7, 11) is 0. The van der Waals surface area contributed by atoms with Crippen LogP contribution in [0.1, 0.15) is 30.0 Å². The first-order valence-corrected chi connectivity index (χ1v) is 10.9. The minimum Gasteiger partial charge on any atom is -0.493 e. The van der Waals surface area contributed by atoms with E-state index in [-0.39, 0.29) is 0 Å². The van der Waals surface area contributed by atoms with Crippen LogP contribution in [-0.2, 0) is 22.5 Å². The molecule has 4 N–H and O–H groups in total. The number of hydrogen-bond donors (Lipinski definition) is 4. The van der Waals surface area contributed by atoms with Gasteiger partial charge >= 0.3 is 0 Å². The fraction of sp³-hybridized carbons (Fsp3) is 0.320. The minimum absolute atomic E-state index is 0.548. The molecule has 0 saturated carbocycles. The van der Waals surface area contributed by atoms with Gasteiger partial charge in [0.05, 0.1) is 6.61 Å². The molecule has 170 valence electrons. The first-order chi connectivity index (χ1) is 15.7. The number of benzene rings is 2. The Hall–Kier alpha value is -3.13. The first kappa shape index (κ1) is 23.5. The third kappa shape index (κ3) is 7.23. The van der Waals surface area contributed by atoms with E-state index in [9.17, 15) is 4.79 Å². The largest absolute Gasteiger partial charge is 0.493 e. The van der Waals surface area contributed by atoms with Gasteiger partial charge in [-0.1, -0.05) is 24.3 Å². The molecule has 1 amide bonds. The second kappa shape index (κ2) is 12.7. The van der Waals surface area contributed by atoms with Crippen molar-refractivity contribution in [3.05, 3.63) is 71.4 Å². The molecule has 0 unspecified atom stereocenters. The Kier molecular flexibility index (Phi) is 9.31. The smallest absolute Gasteiger partial charge is 0.267 e. The minimum atomic E-state index is -0.548. The molecule has 0 saturated heterocycles. The number of H-pyrrole nitrogens is 1. The monoisotopic (exact) mass is 437 g/mol. The number of amides is 1. The molecule has 3 aromatic rings. The molecule has 0 aliphatic rings. The standard InChI is InChI=1S/C25H31N3O4/c1-2-31-14-3-15-32-22-9-10-24-23(16-22)21(18-27-24)12-13-26-17-20-6-4-19(5-7-20)8-11-25(29)28-30/h4-11,16,18,26-27,30H,2-3,12-15,17H2,1H3,(H,28,29). The van der Waals surface area contributed by atoms with Crippen LogP contribution in [0.25, 0.3) is 17.0 Å². The highest BCUT2D eigenvalue weighted by Crippen LogP contribution is 2.24. The van der Waals surface area contributed by atoms with Gasteiger partial charge in [0.1, 0.15) is 5.75 Å². The van der Waals surface area contributed by atoms with Gasteiger partial charge in [-0.3, -0.25) is 10.0 Å². The second-order valence-corrected chi connectivity index (χ2v) is 7.40. The van der Waals surface area contributed by atoms with Crippen molar-refractivity contribution in [2.24, 2.45) is 0 Å². The molecule has 7 nitrogen and oxygen atoms in total. The zero-order chi connectivity index (χ0) is 22.6. The molecule has 0 aliphatic heterocycles. The highest BCUT2D eigenvalue weighted by Gasteiger charge is 2.06. The number of nitrogens with one attached hydrogen (secondary N) is 3. The molecule has 0 bridgehead atoms. The Morgan fingerprint density at radius 3 is 2.78 bits per heavy atom. The molecule has 32 heavy (non-hydrogen) atoms. The number of hydroxylamine groups is 1. The predicted octanol–water partition coefficient (Wildman–Crippen LogP) is 3.82. The fourth-order valence-corrected chi connectivity index (χ4v) is 3.36. The number of aromatic nitrogens is 1. The number of carbonyl (C=O) groups excluding carboxylic acids is 1. The lowest BCUT2D eigenvalue weighted by atomic mass is 10.1. The van der Waals surface area contributed by atoms with E-state index in [1.54, 1.807) is 11.6 Å². The van der Waals surface area contributed by atoms with Crippen LogP contribution in [0, 0.1) is 0 Å². The topological polar surface area (TPSA) is 95.6 Å². The summed E-state index contributed by atoms with van der Waals surface area (Å²) in [4.78, 5) is 14.4. The van der Waals surface area contributed by atoms with E-state index >= 15 is 0 Å². The quantitative estimate of drug-likeness (QED) is 0.141. The van der Waals surface area contributed by atoms with E-state index in [2.05, 4.69) is 28.6 Å². The van der Waals surface area contributed by atoms with Crippen molar-refractivity contribution in [1.82, 2.24) is 15.8 Å². The van der Waals surface area contributed by atoms with Gasteiger partial charge in [-0.25, -0.2) is 5.48 Å². The lowest BCUT2D eigenvalue weighted by Crippen LogP contribution is -2.16. The Balaban J connectivity index is 1.46. The highest BCUT2D eigenvalue weighted by atomic mass is 16.5. The Bertz CT molecular complexity index is 1010. The summed E-state index contributed by atoms with van der Waals surface area (Å²) in [6, 6.07) is 14.1. The number of hydrogen-bond acceptors (Lipinski definition) is 5. The van der Waals surface area contributed by atoms with Gasteiger partial charge in [0.25, 0.3) is 5.91 Å². The molecule has 1 heterocycles. The van der Waals surface area contributed by atoms with Crippen LogP contribution < -0.4 is 15.5 Å². The summed E-state index contributed by atoms with van der Waals surface area (Å²) in [5.74, 6) is 0.335. The van der Waals surface area contributed by atoms with Crippen molar-refractivity contribution in [2.75, 3.05) is 26.4 Å². The third-order valence-electron chi connectivity index (χ3n) is 5.06. The maximum absolute atomic E-state index is 11.0. The van der Waals surface area contributed by atoms with Gasteiger partial charge in [0.2, 0.25) is 0 Å². The molecule has 0 atom stereocenters. The summed E-state index contributed by atoms with van der Waals surface area (Å²) in [6.07, 6.45) is 6.79. The summed E-state index contributed by atoms with van der Waals surface area (Å²) in [6.45, 7) is 5.72. The summed E-state index contributed by atoms with van der Waals surface area (Å²) in [5, 5.41) is 13.2. The van der Waals surface area contributed by atoms with Gasteiger partial charge in [-0.2, -0.15) is 0 Å². The zero-order valence-electron chi connectivity index (χ0n) is 18.4. The van der Waals surface area contributed by atoms with E-state index < -0.39 is 5.91 Å². The van der Waals surface area contributed by atoms with Gasteiger partial charge in [-0.05, 0) is 60.9 Å². The van der Waals surface area contributed by atoms with Gasteiger partial charge in [0.15, 0.2) is 0 Å². The van der Waals surface area contributed by atoms with Crippen LogP contribution in [0.4, 0.5) is 0 Å². The molecule has 1 aromatic heterocycles. The lowest BCUT2D eigenvalue weighted by molar-refractivity contribution is -0.124. The van der Waals surface area contributed by atoms with E-state index in [0.717, 1.165) is 61.5 Å². The maximum Gasteiger partial charge on any atom is 0.267 e. The molecule has 0 radical (unpaired) electrons. The Labute approximate surface area is 188 Å². The number of rotatable bonds is 13. The van der Waals surface area contributed by atoms with Crippen molar-refractivity contribution in [1.29, 1.82) is 0 Å². The number of fused-ring (bicyclic) bond motifs is 1. The summed E-state index contributed by atoms with van der Waals surface area (Å²) >= 11 is 0. The zero-order valence-corrected chi connectivity index (χ0v) is 18.4. The average Bonchev–Trinajstić information content (AvgIpc) is 3.23. The fourth-order valence-electron chi connectivity index (χ4n) is 3.36. The van der Waals surface area contributed by atoms with Crippen LogP contribution in [0.3, 0.4) is 0 Å². The number of carbonyl (C=O) groups is 1. The van der Waals surface area contributed by atoms with Crippen molar-refractivity contribution in [3.63, 3.8) is 0 Å².